The number of benzene rings is 2. The van der Waals surface area contributed by atoms with Gasteiger partial charge in [0.1, 0.15) is 5.75 Å². The van der Waals surface area contributed by atoms with Crippen LogP contribution in [0.2, 0.25) is 0 Å². The first kappa shape index (κ1) is 21.0. The standard InChI is InChI=1S/C21H24N2O5/c1-23(2)21(27)17-9-7-16(8-10-17)20(26)22-14-15-5-11-18(12-6-15)28-13-3-4-19(24)25/h5-12H,3-4,13-14H2,1-2H3,(H,22,26)(H,24,25). The number of aliphatic carboxylic acids is 1. The summed E-state index contributed by atoms with van der Waals surface area (Å²) >= 11 is 0. The van der Waals surface area contributed by atoms with E-state index in [1.165, 1.54) is 4.90 Å². The number of carbonyl (C=O) groups excluding carboxylic acids is 2. The highest BCUT2D eigenvalue weighted by molar-refractivity contribution is 5.97. The molecule has 0 bridgehead atoms. The van der Waals surface area contributed by atoms with Crippen molar-refractivity contribution in [1.29, 1.82) is 0 Å². The third kappa shape index (κ3) is 6.42. The molecule has 0 atom stereocenters. The lowest BCUT2D eigenvalue weighted by Crippen LogP contribution is -2.24. The number of hydrogen-bond donors (Lipinski definition) is 2. The number of nitrogens with one attached hydrogen (secondary N) is 1. The summed E-state index contributed by atoms with van der Waals surface area (Å²) in [6.07, 6.45) is 0.528. The molecule has 0 aliphatic rings. The fourth-order valence-electron chi connectivity index (χ4n) is 2.42. The van der Waals surface area contributed by atoms with Crippen LogP contribution in [0.3, 0.4) is 0 Å². The Hall–Kier alpha value is -3.35. The van der Waals surface area contributed by atoms with Crippen molar-refractivity contribution in [3.63, 3.8) is 0 Å². The molecule has 0 fully saturated rings. The van der Waals surface area contributed by atoms with Crippen molar-refractivity contribution in [1.82, 2.24) is 10.2 Å². The zero-order valence-electron chi connectivity index (χ0n) is 16.0. The van der Waals surface area contributed by atoms with Crippen molar-refractivity contribution < 1.29 is 24.2 Å². The molecule has 7 nitrogen and oxygen atoms in total. The van der Waals surface area contributed by atoms with Crippen LogP contribution in [0.5, 0.6) is 5.75 Å². The van der Waals surface area contributed by atoms with Gasteiger partial charge in [-0.3, -0.25) is 14.4 Å². The van der Waals surface area contributed by atoms with E-state index in [1.54, 1.807) is 50.5 Å². The lowest BCUT2D eigenvalue weighted by atomic mass is 10.1. The number of ether oxygens (including phenoxy) is 1. The summed E-state index contributed by atoms with van der Waals surface area (Å²) in [5.41, 5.74) is 1.92. The summed E-state index contributed by atoms with van der Waals surface area (Å²) in [5.74, 6) is -0.523. The van der Waals surface area contributed by atoms with Gasteiger partial charge < -0.3 is 20.1 Å². The van der Waals surface area contributed by atoms with Gasteiger partial charge in [0.05, 0.1) is 6.61 Å². The highest BCUT2D eigenvalue weighted by atomic mass is 16.5. The number of nitrogens with zero attached hydrogens (tertiary/aromatic N) is 1. The topological polar surface area (TPSA) is 95.9 Å². The molecule has 2 amide bonds. The minimum atomic E-state index is -0.839. The fraction of sp³-hybridized carbons (Fsp3) is 0.286. The molecule has 2 N–H and O–H groups in total. The maximum atomic E-state index is 12.3. The summed E-state index contributed by atoms with van der Waals surface area (Å²) < 4.78 is 5.47. The Morgan fingerprint density at radius 3 is 2.14 bits per heavy atom. The Labute approximate surface area is 163 Å². The first-order valence-electron chi connectivity index (χ1n) is 8.90. The van der Waals surface area contributed by atoms with E-state index in [-0.39, 0.29) is 18.2 Å². The molecular weight excluding hydrogens is 360 g/mol. The second-order valence-corrected chi connectivity index (χ2v) is 6.45. The van der Waals surface area contributed by atoms with Gasteiger partial charge in [-0.25, -0.2) is 0 Å². The van der Waals surface area contributed by atoms with Gasteiger partial charge in [-0.2, -0.15) is 0 Å². The van der Waals surface area contributed by atoms with Crippen LogP contribution in [0.15, 0.2) is 48.5 Å². The van der Waals surface area contributed by atoms with E-state index >= 15 is 0 Å². The molecule has 0 spiro atoms. The Kier molecular flexibility index (Phi) is 7.56. The van der Waals surface area contributed by atoms with Gasteiger partial charge >= 0.3 is 5.97 Å². The van der Waals surface area contributed by atoms with E-state index in [0.717, 1.165) is 5.56 Å². The highest BCUT2D eigenvalue weighted by Gasteiger charge is 2.10. The van der Waals surface area contributed by atoms with Gasteiger partial charge in [0.15, 0.2) is 0 Å². The van der Waals surface area contributed by atoms with Crippen LogP contribution in [-0.2, 0) is 11.3 Å². The maximum Gasteiger partial charge on any atom is 0.303 e. The fourth-order valence-corrected chi connectivity index (χ4v) is 2.42. The Morgan fingerprint density at radius 2 is 1.57 bits per heavy atom. The molecule has 0 saturated carbocycles. The number of hydrogen-bond acceptors (Lipinski definition) is 4. The van der Waals surface area contributed by atoms with Crippen molar-refractivity contribution in [2.45, 2.75) is 19.4 Å². The molecule has 2 aromatic rings. The van der Waals surface area contributed by atoms with Gasteiger partial charge in [-0.1, -0.05) is 12.1 Å². The molecular formula is C21H24N2O5. The highest BCUT2D eigenvalue weighted by Crippen LogP contribution is 2.13. The van der Waals surface area contributed by atoms with Gasteiger partial charge in [-0.15, -0.1) is 0 Å². The Bertz CT molecular complexity index is 814. The third-order valence-electron chi connectivity index (χ3n) is 3.98. The van der Waals surface area contributed by atoms with Crippen LogP contribution in [-0.4, -0.2) is 48.5 Å². The van der Waals surface area contributed by atoms with Crippen molar-refractivity contribution in [2.24, 2.45) is 0 Å². The van der Waals surface area contributed by atoms with E-state index < -0.39 is 5.97 Å². The number of rotatable bonds is 9. The van der Waals surface area contributed by atoms with E-state index in [1.807, 2.05) is 12.1 Å². The molecule has 0 aromatic heterocycles. The average molecular weight is 384 g/mol. The van der Waals surface area contributed by atoms with E-state index in [2.05, 4.69) is 5.32 Å². The molecule has 0 aliphatic heterocycles. The van der Waals surface area contributed by atoms with Crippen molar-refractivity contribution in [2.75, 3.05) is 20.7 Å². The number of amides is 2. The molecule has 0 heterocycles. The summed E-state index contributed by atoms with van der Waals surface area (Å²) in [5, 5.41) is 11.4. The van der Waals surface area contributed by atoms with E-state index in [4.69, 9.17) is 9.84 Å². The SMILES string of the molecule is CN(C)C(=O)c1ccc(C(=O)NCc2ccc(OCCCC(=O)O)cc2)cc1. The average Bonchev–Trinajstić information content (AvgIpc) is 2.69. The number of carboxylic acids is 1. The smallest absolute Gasteiger partial charge is 0.303 e. The first-order chi connectivity index (χ1) is 13.4. The molecule has 0 aliphatic carbocycles. The second kappa shape index (κ2) is 10.1. The van der Waals surface area contributed by atoms with Crippen LogP contribution >= 0.6 is 0 Å². The molecule has 148 valence electrons. The maximum absolute atomic E-state index is 12.3. The Balaban J connectivity index is 1.82. The lowest BCUT2D eigenvalue weighted by molar-refractivity contribution is -0.137. The monoisotopic (exact) mass is 384 g/mol. The summed E-state index contributed by atoms with van der Waals surface area (Å²) in [6, 6.07) is 13.8. The summed E-state index contributed by atoms with van der Waals surface area (Å²) in [7, 11) is 3.35. The van der Waals surface area contributed by atoms with Gasteiger partial charge in [0.2, 0.25) is 0 Å². The van der Waals surface area contributed by atoms with E-state index in [0.29, 0.717) is 36.4 Å². The summed E-state index contributed by atoms with van der Waals surface area (Å²) in [4.78, 5) is 36.0. The zero-order chi connectivity index (χ0) is 20.5. The minimum Gasteiger partial charge on any atom is -0.494 e. The molecule has 2 rings (SSSR count). The van der Waals surface area contributed by atoms with Crippen LogP contribution in [0.4, 0.5) is 0 Å². The van der Waals surface area contributed by atoms with Gasteiger partial charge in [0, 0.05) is 38.2 Å². The van der Waals surface area contributed by atoms with Crippen molar-refractivity contribution in [3.8, 4) is 5.75 Å². The first-order valence-corrected chi connectivity index (χ1v) is 8.90. The molecule has 7 heteroatoms. The molecule has 0 saturated heterocycles. The second-order valence-electron chi connectivity index (χ2n) is 6.45. The predicted octanol–water partition coefficient (Wildman–Crippen LogP) is 2.56. The molecule has 0 unspecified atom stereocenters. The normalized spacial score (nSPS) is 10.2. The molecule has 0 radical (unpaired) electrons. The van der Waals surface area contributed by atoms with Crippen LogP contribution < -0.4 is 10.1 Å². The van der Waals surface area contributed by atoms with Gasteiger partial charge in [0.25, 0.3) is 11.8 Å². The largest absolute Gasteiger partial charge is 0.494 e. The van der Waals surface area contributed by atoms with Gasteiger partial charge in [-0.05, 0) is 48.4 Å². The third-order valence-corrected chi connectivity index (χ3v) is 3.98. The minimum absolute atomic E-state index is 0.0778. The number of carboxylic acid groups (broad SMARTS) is 1. The van der Waals surface area contributed by atoms with Crippen LogP contribution in [0, 0.1) is 0 Å². The predicted molar refractivity (Wildman–Crippen MR) is 104 cm³/mol. The van der Waals surface area contributed by atoms with Crippen molar-refractivity contribution >= 4 is 17.8 Å². The quantitative estimate of drug-likeness (QED) is 0.648. The molecule has 28 heavy (non-hydrogen) atoms. The zero-order valence-corrected chi connectivity index (χ0v) is 16.0. The van der Waals surface area contributed by atoms with E-state index in [9.17, 15) is 14.4 Å². The van der Waals surface area contributed by atoms with Crippen LogP contribution in [0.1, 0.15) is 39.1 Å². The van der Waals surface area contributed by atoms with Crippen molar-refractivity contribution in [3.05, 3.63) is 65.2 Å². The molecule has 2 aromatic carbocycles. The number of carbonyl (C=O) groups is 3. The summed E-state index contributed by atoms with van der Waals surface area (Å²) in [6.45, 7) is 0.700. The van der Waals surface area contributed by atoms with Crippen LogP contribution in [0.25, 0.3) is 0 Å². The lowest BCUT2D eigenvalue weighted by Gasteiger charge is -2.11. The Morgan fingerprint density at radius 1 is 0.964 bits per heavy atom.